The van der Waals surface area contributed by atoms with Crippen LogP contribution in [0.1, 0.15) is 41.5 Å². The van der Waals surface area contributed by atoms with Gasteiger partial charge in [-0.2, -0.15) is 0 Å². The van der Waals surface area contributed by atoms with Crippen LogP contribution in [0.15, 0.2) is 157 Å². The zero-order valence-electron chi connectivity index (χ0n) is 31.3. The van der Waals surface area contributed by atoms with Crippen LogP contribution < -0.4 is 37.0 Å². The molecular formula is C47H39N7. The standard InChI is InChI=1S/C47H39N7/c1-45(2)48-36-17-12-18-37(42(36)51-45)54(38-25-23-33(28-13-8-7-9-14-28)40-43(38)52-46(3,4)49-40)39-26-24-34(41-44(39)53-47(5,6)50-41)31-22-21-30-20-19-29-15-10-11-16-32(29)35(30)27-31/h7-27H,1-6H3. The average molecular weight is 702 g/mol. The van der Waals surface area contributed by atoms with Crippen LogP contribution in [0.2, 0.25) is 0 Å². The van der Waals surface area contributed by atoms with Crippen molar-refractivity contribution in [2.24, 2.45) is 30.0 Å². The summed E-state index contributed by atoms with van der Waals surface area (Å²) in [6, 6.07) is 45.1. The molecule has 0 saturated heterocycles. The first-order valence-corrected chi connectivity index (χ1v) is 18.6. The van der Waals surface area contributed by atoms with Gasteiger partial charge < -0.3 is 4.90 Å². The van der Waals surface area contributed by atoms with Crippen LogP contribution in [0.3, 0.4) is 0 Å². The predicted molar refractivity (Wildman–Crippen MR) is 216 cm³/mol. The van der Waals surface area contributed by atoms with Crippen LogP contribution in [0.5, 0.6) is 0 Å². The molecule has 3 aliphatic heterocycles. The third-order valence-corrected chi connectivity index (χ3v) is 10.4. The third kappa shape index (κ3) is 5.17. The highest BCUT2D eigenvalue weighted by molar-refractivity contribution is 6.08. The van der Waals surface area contributed by atoms with Gasteiger partial charge in [0.15, 0.2) is 0 Å². The molecule has 7 nitrogen and oxygen atoms in total. The number of hydrogen-bond acceptors (Lipinski definition) is 7. The highest BCUT2D eigenvalue weighted by Gasteiger charge is 2.31. The number of rotatable bonds is 5. The van der Waals surface area contributed by atoms with Crippen LogP contribution in [0.4, 0.5) is 17.1 Å². The molecule has 0 aliphatic carbocycles. The molecule has 54 heavy (non-hydrogen) atoms. The lowest BCUT2D eigenvalue weighted by molar-refractivity contribution is 0.549. The number of nitrogens with zero attached hydrogens (tertiary/aromatic N) is 7. The molecule has 262 valence electrons. The van der Waals surface area contributed by atoms with Gasteiger partial charge in [-0.25, -0.2) is 0 Å². The zero-order valence-corrected chi connectivity index (χ0v) is 31.3. The smallest absolute Gasteiger partial charge is 0.146 e. The van der Waals surface area contributed by atoms with Gasteiger partial charge in [0.05, 0.1) is 33.1 Å². The molecule has 0 fully saturated rings. The molecule has 0 atom stereocenters. The fraction of sp³-hybridized carbons (Fsp3) is 0.191. The molecule has 0 unspecified atom stereocenters. The van der Waals surface area contributed by atoms with Gasteiger partial charge in [-0.15, -0.1) is 0 Å². The van der Waals surface area contributed by atoms with E-state index < -0.39 is 17.0 Å². The lowest BCUT2D eigenvalue weighted by Gasteiger charge is -2.26. The summed E-state index contributed by atoms with van der Waals surface area (Å²) in [5, 5.41) is 10.00. The second-order valence-electron chi connectivity index (χ2n) is 15.9. The molecule has 0 N–H and O–H groups in total. The van der Waals surface area contributed by atoms with Crippen LogP contribution in [-0.4, -0.2) is 17.0 Å². The lowest BCUT2D eigenvalue weighted by atomic mass is 9.96. The first kappa shape index (κ1) is 32.3. The molecule has 0 saturated carbocycles. The van der Waals surface area contributed by atoms with Crippen molar-refractivity contribution in [3.05, 3.63) is 160 Å². The molecule has 3 heterocycles. The molecule has 0 radical (unpaired) electrons. The monoisotopic (exact) mass is 701 g/mol. The van der Waals surface area contributed by atoms with Crippen LogP contribution in [0.25, 0.3) is 43.8 Å². The maximum absolute atomic E-state index is 5.35. The molecule has 0 amide bonds. The third-order valence-electron chi connectivity index (χ3n) is 10.4. The Labute approximate surface area is 312 Å². The van der Waals surface area contributed by atoms with Crippen molar-refractivity contribution in [2.45, 2.75) is 58.5 Å². The van der Waals surface area contributed by atoms with Crippen molar-refractivity contribution in [1.29, 1.82) is 0 Å². The molecule has 7 aromatic carbocycles. The molecular weight excluding hydrogens is 663 g/mol. The fourth-order valence-corrected chi connectivity index (χ4v) is 8.23. The summed E-state index contributed by atoms with van der Waals surface area (Å²) >= 11 is 0. The maximum atomic E-state index is 5.35. The van der Waals surface area contributed by atoms with Crippen molar-refractivity contribution < 1.29 is 0 Å². The zero-order chi connectivity index (χ0) is 37.0. The second-order valence-corrected chi connectivity index (χ2v) is 15.9. The van der Waals surface area contributed by atoms with E-state index in [-0.39, 0.29) is 0 Å². The maximum Gasteiger partial charge on any atom is 0.146 e. The summed E-state index contributed by atoms with van der Waals surface area (Å²) in [6.45, 7) is 12.3. The average Bonchev–Trinajstić information content (AvgIpc) is 3.79. The number of fused-ring (bicyclic) bond motifs is 6. The van der Waals surface area contributed by atoms with E-state index in [1.54, 1.807) is 0 Å². The van der Waals surface area contributed by atoms with Gasteiger partial charge in [0.2, 0.25) is 0 Å². The Bertz CT molecular complexity index is 3150. The summed E-state index contributed by atoms with van der Waals surface area (Å²) < 4.78 is 0. The van der Waals surface area contributed by atoms with Gasteiger partial charge in [-0.1, -0.05) is 84.9 Å². The Morgan fingerprint density at radius 1 is 0.370 bits per heavy atom. The van der Waals surface area contributed by atoms with Gasteiger partial charge in [0.1, 0.15) is 33.1 Å². The van der Waals surface area contributed by atoms with E-state index in [4.69, 9.17) is 30.0 Å². The molecule has 7 heteroatoms. The number of hydrogen-bond donors (Lipinski definition) is 0. The first-order chi connectivity index (χ1) is 25.9. The van der Waals surface area contributed by atoms with Crippen molar-refractivity contribution in [1.82, 2.24) is 0 Å². The minimum absolute atomic E-state index is 0.585. The summed E-state index contributed by atoms with van der Waals surface area (Å²) in [6.07, 6.45) is 0. The minimum Gasteiger partial charge on any atom is -0.304 e. The highest BCUT2D eigenvalue weighted by Crippen LogP contribution is 2.34. The fourth-order valence-electron chi connectivity index (χ4n) is 8.23. The lowest BCUT2D eigenvalue weighted by Crippen LogP contribution is -2.38. The Morgan fingerprint density at radius 2 is 0.889 bits per heavy atom. The quantitative estimate of drug-likeness (QED) is 0.169. The Balaban J connectivity index is 1.27. The van der Waals surface area contributed by atoms with Gasteiger partial charge in [0.25, 0.3) is 0 Å². The van der Waals surface area contributed by atoms with E-state index in [0.29, 0.717) is 0 Å². The van der Waals surface area contributed by atoms with Crippen LogP contribution in [0, 0.1) is 0 Å². The van der Waals surface area contributed by atoms with Gasteiger partial charge >= 0.3 is 0 Å². The second kappa shape index (κ2) is 11.3. The number of benzene rings is 7. The highest BCUT2D eigenvalue weighted by atomic mass is 15.2. The molecule has 0 bridgehead atoms. The first-order valence-electron chi connectivity index (χ1n) is 18.6. The van der Waals surface area contributed by atoms with E-state index in [0.717, 1.165) is 71.5 Å². The number of para-hydroxylation sites is 1. The van der Waals surface area contributed by atoms with Crippen molar-refractivity contribution >= 4 is 38.6 Å². The summed E-state index contributed by atoms with van der Waals surface area (Å²) in [7, 11) is 0. The minimum atomic E-state index is -0.663. The van der Waals surface area contributed by atoms with Gasteiger partial charge in [-0.3, -0.25) is 30.0 Å². The SMILES string of the molecule is CC1(C)N=c2cccc(N(c3ccc(-c4ccccc4)c4c3=NC(C)(C)N=4)c3ccc(-c4ccc5ccc6ccccc6c5c4)c4c3=NC(C)(C)N=4)c2=N1. The normalized spacial score (nSPS) is 16.6. The predicted octanol–water partition coefficient (Wildman–Crippen LogP) is 7.76. The largest absolute Gasteiger partial charge is 0.304 e. The molecule has 0 aromatic heterocycles. The van der Waals surface area contributed by atoms with Crippen LogP contribution in [-0.2, 0) is 0 Å². The van der Waals surface area contributed by atoms with Crippen molar-refractivity contribution in [3.8, 4) is 22.3 Å². The van der Waals surface area contributed by atoms with Crippen molar-refractivity contribution in [3.63, 3.8) is 0 Å². The molecule has 0 spiro atoms. The molecule has 7 aromatic rings. The summed E-state index contributed by atoms with van der Waals surface area (Å²) in [4.78, 5) is 33.6. The van der Waals surface area contributed by atoms with E-state index >= 15 is 0 Å². The van der Waals surface area contributed by atoms with Gasteiger partial charge in [0, 0.05) is 11.1 Å². The number of anilines is 3. The van der Waals surface area contributed by atoms with E-state index in [1.807, 2.05) is 26.0 Å². The van der Waals surface area contributed by atoms with E-state index in [2.05, 4.69) is 148 Å². The molecule has 10 rings (SSSR count). The summed E-state index contributed by atoms with van der Waals surface area (Å²) in [5.41, 5.74) is 5.12. The summed E-state index contributed by atoms with van der Waals surface area (Å²) in [5.74, 6) is 0. The van der Waals surface area contributed by atoms with E-state index in [9.17, 15) is 0 Å². The van der Waals surface area contributed by atoms with Gasteiger partial charge in [-0.05, 0) is 117 Å². The van der Waals surface area contributed by atoms with Crippen LogP contribution >= 0.6 is 0 Å². The molecule has 3 aliphatic rings. The Kier molecular flexibility index (Phi) is 6.78. The van der Waals surface area contributed by atoms with Crippen molar-refractivity contribution in [2.75, 3.05) is 4.90 Å². The Morgan fingerprint density at radius 3 is 1.57 bits per heavy atom. The topological polar surface area (TPSA) is 77.4 Å². The Hall–Kier alpha value is -6.34. The van der Waals surface area contributed by atoms with E-state index in [1.165, 1.54) is 21.5 Å².